The van der Waals surface area contributed by atoms with Gasteiger partial charge in [-0.2, -0.15) is 0 Å². The number of alkyl halides is 1. The Hall–Kier alpha value is -0.830. The van der Waals surface area contributed by atoms with Crippen LogP contribution in [0.2, 0.25) is 0 Å². The van der Waals surface area contributed by atoms with Crippen molar-refractivity contribution in [1.29, 1.82) is 0 Å². The van der Waals surface area contributed by atoms with Crippen LogP contribution < -0.4 is 0 Å². The molecule has 12 heavy (non-hydrogen) atoms. The van der Waals surface area contributed by atoms with Gasteiger partial charge in [0, 0.05) is 6.42 Å². The zero-order chi connectivity index (χ0) is 9.56. The summed E-state index contributed by atoms with van der Waals surface area (Å²) < 4.78 is 4.57. The predicted molar refractivity (Wildman–Crippen MR) is 46.1 cm³/mol. The summed E-state index contributed by atoms with van der Waals surface area (Å²) in [5, 5.41) is -1.17. The number of carbonyl (C=O) groups excluding carboxylic acids is 2. The maximum atomic E-state index is 10.9. The van der Waals surface area contributed by atoms with Crippen molar-refractivity contribution >= 4 is 23.4 Å². The topological polar surface area (TPSA) is 43.4 Å². The molecule has 0 fully saturated rings. The van der Waals surface area contributed by atoms with Crippen LogP contribution in [0.4, 0.5) is 0 Å². The van der Waals surface area contributed by atoms with E-state index < -0.39 is 11.3 Å². The minimum absolute atomic E-state index is 0.0824. The molecule has 3 nitrogen and oxygen atoms in total. The van der Waals surface area contributed by atoms with E-state index in [0.717, 1.165) is 0 Å². The van der Waals surface area contributed by atoms with Gasteiger partial charge in [0.25, 0.3) is 0 Å². The maximum absolute atomic E-state index is 10.9. The molecule has 0 saturated carbocycles. The minimum atomic E-state index is -1.17. The second-order valence-corrected chi connectivity index (χ2v) is 2.54. The zero-order valence-corrected chi connectivity index (χ0v) is 7.63. The third-order valence-corrected chi connectivity index (χ3v) is 1.60. The molecule has 4 heteroatoms. The molecule has 0 aliphatic rings. The molecule has 0 N–H and O–H groups in total. The van der Waals surface area contributed by atoms with E-state index in [-0.39, 0.29) is 18.8 Å². The molecule has 68 valence electrons. The lowest BCUT2D eigenvalue weighted by Crippen LogP contribution is -2.26. The summed E-state index contributed by atoms with van der Waals surface area (Å²) in [7, 11) is 0. The van der Waals surface area contributed by atoms with Crippen molar-refractivity contribution in [3.8, 4) is 0 Å². The fourth-order valence-electron chi connectivity index (χ4n) is 0.525. The Morgan fingerprint density at radius 1 is 1.67 bits per heavy atom. The molecule has 0 aliphatic heterocycles. The Morgan fingerprint density at radius 2 is 2.25 bits per heavy atom. The molecule has 0 amide bonds. The Kier molecular flexibility index (Phi) is 5.37. The molecule has 0 saturated heterocycles. The smallest absolute Gasteiger partial charge is 0.332 e. The molecule has 0 radical (unpaired) electrons. The molecular weight excluding hydrogens is 180 g/mol. The third kappa shape index (κ3) is 3.53. The molecule has 0 aromatic carbocycles. The molecule has 0 aromatic rings. The standard InChI is InChI=1S/C8H11ClO3/c1-3-5-12-8(11)7(9)6(10)4-2/h3,7H,1,4-5H2,2H3. The van der Waals surface area contributed by atoms with Crippen molar-refractivity contribution < 1.29 is 14.3 Å². The van der Waals surface area contributed by atoms with Crippen molar-refractivity contribution in [2.45, 2.75) is 18.7 Å². The molecule has 0 aromatic heterocycles. The van der Waals surface area contributed by atoms with Crippen LogP contribution in [-0.2, 0) is 14.3 Å². The van der Waals surface area contributed by atoms with E-state index in [4.69, 9.17) is 11.6 Å². The van der Waals surface area contributed by atoms with Gasteiger partial charge in [0.15, 0.2) is 11.2 Å². The summed E-state index contributed by atoms with van der Waals surface area (Å²) >= 11 is 5.46. The highest BCUT2D eigenvalue weighted by Crippen LogP contribution is 2.03. The average Bonchev–Trinajstić information content (AvgIpc) is 2.11. The number of esters is 1. The van der Waals surface area contributed by atoms with Gasteiger partial charge in [-0.25, -0.2) is 4.79 Å². The largest absolute Gasteiger partial charge is 0.460 e. The predicted octanol–water partition coefficient (Wildman–Crippen LogP) is 1.30. The lowest BCUT2D eigenvalue weighted by atomic mass is 10.2. The number of carbonyl (C=O) groups is 2. The van der Waals surface area contributed by atoms with Gasteiger partial charge in [0.2, 0.25) is 0 Å². The summed E-state index contributed by atoms with van der Waals surface area (Å²) in [6.07, 6.45) is 1.65. The van der Waals surface area contributed by atoms with Crippen LogP contribution in [0.5, 0.6) is 0 Å². The normalized spacial score (nSPS) is 11.8. The first-order chi connectivity index (χ1) is 5.63. The van der Waals surface area contributed by atoms with Gasteiger partial charge < -0.3 is 4.74 Å². The van der Waals surface area contributed by atoms with E-state index in [1.165, 1.54) is 6.08 Å². The van der Waals surface area contributed by atoms with Crippen molar-refractivity contribution in [3.05, 3.63) is 12.7 Å². The van der Waals surface area contributed by atoms with Gasteiger partial charge in [-0.05, 0) is 0 Å². The van der Waals surface area contributed by atoms with Crippen LogP contribution >= 0.6 is 11.6 Å². The van der Waals surface area contributed by atoms with Gasteiger partial charge >= 0.3 is 5.97 Å². The number of hydrogen-bond donors (Lipinski definition) is 0. The Morgan fingerprint density at radius 3 is 2.67 bits per heavy atom. The van der Waals surface area contributed by atoms with E-state index in [1.807, 2.05) is 0 Å². The van der Waals surface area contributed by atoms with Gasteiger partial charge in [0.1, 0.15) is 6.61 Å². The van der Waals surface area contributed by atoms with E-state index in [2.05, 4.69) is 11.3 Å². The van der Waals surface area contributed by atoms with Gasteiger partial charge in [-0.15, -0.1) is 11.6 Å². The highest BCUT2D eigenvalue weighted by molar-refractivity contribution is 6.41. The molecular formula is C8H11ClO3. The minimum Gasteiger partial charge on any atom is -0.460 e. The summed E-state index contributed by atoms with van der Waals surface area (Å²) in [6.45, 7) is 5.07. The monoisotopic (exact) mass is 190 g/mol. The number of ketones is 1. The fourth-order valence-corrected chi connectivity index (χ4v) is 0.742. The SMILES string of the molecule is C=CCOC(=O)C(Cl)C(=O)CC. The highest BCUT2D eigenvalue weighted by atomic mass is 35.5. The number of ether oxygens (including phenoxy) is 1. The van der Waals surface area contributed by atoms with Crippen molar-refractivity contribution in [2.75, 3.05) is 6.61 Å². The van der Waals surface area contributed by atoms with E-state index in [9.17, 15) is 9.59 Å². The summed E-state index contributed by atoms with van der Waals surface area (Å²) in [6, 6.07) is 0. The lowest BCUT2D eigenvalue weighted by molar-refractivity contribution is -0.144. The lowest BCUT2D eigenvalue weighted by Gasteiger charge is -2.05. The third-order valence-electron chi connectivity index (χ3n) is 1.18. The fraction of sp³-hybridized carbons (Fsp3) is 0.500. The van der Waals surface area contributed by atoms with Gasteiger partial charge in [0.05, 0.1) is 0 Å². The van der Waals surface area contributed by atoms with Crippen LogP contribution in [0, 0.1) is 0 Å². The molecule has 0 heterocycles. The van der Waals surface area contributed by atoms with Crippen molar-refractivity contribution in [2.24, 2.45) is 0 Å². The molecule has 0 bridgehead atoms. The van der Waals surface area contributed by atoms with E-state index in [1.54, 1.807) is 6.92 Å². The van der Waals surface area contributed by atoms with E-state index in [0.29, 0.717) is 0 Å². The van der Waals surface area contributed by atoms with Gasteiger partial charge in [-0.3, -0.25) is 4.79 Å². The molecule has 0 aliphatic carbocycles. The number of Topliss-reactive ketones (excluding diaryl/α,β-unsaturated/α-hetero) is 1. The number of halogens is 1. The van der Waals surface area contributed by atoms with E-state index >= 15 is 0 Å². The molecule has 0 spiro atoms. The zero-order valence-electron chi connectivity index (χ0n) is 6.88. The summed E-state index contributed by atoms with van der Waals surface area (Å²) in [4.78, 5) is 21.7. The molecule has 1 atom stereocenters. The molecule has 0 rings (SSSR count). The van der Waals surface area contributed by atoms with Crippen LogP contribution in [0.1, 0.15) is 13.3 Å². The first kappa shape index (κ1) is 11.2. The van der Waals surface area contributed by atoms with Crippen molar-refractivity contribution in [1.82, 2.24) is 0 Å². The summed E-state index contributed by atoms with van der Waals surface area (Å²) in [5.74, 6) is -1.03. The average molecular weight is 191 g/mol. The van der Waals surface area contributed by atoms with Crippen LogP contribution in [-0.4, -0.2) is 23.7 Å². The molecule has 1 unspecified atom stereocenters. The van der Waals surface area contributed by atoms with Crippen LogP contribution in [0.25, 0.3) is 0 Å². The highest BCUT2D eigenvalue weighted by Gasteiger charge is 2.23. The number of hydrogen-bond acceptors (Lipinski definition) is 3. The Labute approximate surface area is 76.3 Å². The Balaban J connectivity index is 3.92. The first-order valence-electron chi connectivity index (χ1n) is 3.57. The summed E-state index contributed by atoms with van der Waals surface area (Å²) in [5.41, 5.74) is 0. The quantitative estimate of drug-likeness (QED) is 0.284. The second kappa shape index (κ2) is 5.77. The second-order valence-electron chi connectivity index (χ2n) is 2.10. The first-order valence-corrected chi connectivity index (χ1v) is 4.01. The van der Waals surface area contributed by atoms with Crippen LogP contribution in [0.3, 0.4) is 0 Å². The van der Waals surface area contributed by atoms with Crippen molar-refractivity contribution in [3.63, 3.8) is 0 Å². The van der Waals surface area contributed by atoms with Crippen LogP contribution in [0.15, 0.2) is 12.7 Å². The maximum Gasteiger partial charge on any atom is 0.332 e. The Bertz CT molecular complexity index is 189. The van der Waals surface area contributed by atoms with Gasteiger partial charge in [-0.1, -0.05) is 19.6 Å². The number of rotatable bonds is 5.